The van der Waals surface area contributed by atoms with Crippen LogP contribution in [-0.2, 0) is 22.3 Å². The quantitative estimate of drug-likeness (QED) is 0.385. The highest BCUT2D eigenvalue weighted by molar-refractivity contribution is 6.15. The normalized spacial score (nSPS) is 17.6. The summed E-state index contributed by atoms with van der Waals surface area (Å²) >= 11 is 0. The highest BCUT2D eigenvalue weighted by atomic mass is 19.4. The molecule has 1 aromatic carbocycles. The fraction of sp³-hybridized carbons (Fsp3) is 0.286. The number of carbonyl (C=O) groups excluding carboxylic acids is 2. The molecule has 0 radical (unpaired) electrons. The summed E-state index contributed by atoms with van der Waals surface area (Å²) in [6.07, 6.45) is 0.425. The van der Waals surface area contributed by atoms with Crippen LogP contribution in [0, 0.1) is 0 Å². The van der Waals surface area contributed by atoms with Crippen molar-refractivity contribution in [3.8, 4) is 0 Å². The molecule has 2 fully saturated rings. The third kappa shape index (κ3) is 4.36. The molecule has 5 rings (SSSR count). The van der Waals surface area contributed by atoms with E-state index in [1.807, 2.05) is 0 Å². The molecule has 0 atom stereocenters. The van der Waals surface area contributed by atoms with Gasteiger partial charge in [0.2, 0.25) is 17.8 Å². The molecule has 2 aromatic heterocycles. The van der Waals surface area contributed by atoms with Crippen LogP contribution in [0.5, 0.6) is 0 Å². The van der Waals surface area contributed by atoms with Gasteiger partial charge < -0.3 is 10.6 Å². The second kappa shape index (κ2) is 7.87. The van der Waals surface area contributed by atoms with Crippen molar-refractivity contribution in [1.29, 1.82) is 0 Å². The van der Waals surface area contributed by atoms with Gasteiger partial charge in [-0.2, -0.15) is 32.8 Å². The molecule has 1 aliphatic heterocycles. The number of amides is 2. The Balaban J connectivity index is 1.50. The zero-order chi connectivity index (χ0) is 23.2. The molecule has 2 amide bonds. The summed E-state index contributed by atoms with van der Waals surface area (Å²) in [4.78, 5) is 32.2. The average Bonchev–Trinajstić information content (AvgIpc) is 3.40. The van der Waals surface area contributed by atoms with Gasteiger partial charge in [0, 0.05) is 23.7 Å². The lowest BCUT2D eigenvalue weighted by molar-refractivity contribution is -0.138. The number of imide groups is 1. The van der Waals surface area contributed by atoms with Crippen molar-refractivity contribution >= 4 is 35.4 Å². The summed E-state index contributed by atoms with van der Waals surface area (Å²) in [5.74, 6) is -0.383. The lowest BCUT2D eigenvalue weighted by atomic mass is 10.1. The molecule has 2 aliphatic rings. The minimum atomic E-state index is -4.48. The van der Waals surface area contributed by atoms with Gasteiger partial charge >= 0.3 is 6.18 Å². The second-order valence-corrected chi connectivity index (χ2v) is 7.86. The molecule has 1 saturated carbocycles. The minimum Gasteiger partial charge on any atom is -0.351 e. The van der Waals surface area contributed by atoms with Gasteiger partial charge in [-0.25, -0.2) is 0 Å². The van der Waals surface area contributed by atoms with E-state index in [0.29, 0.717) is 17.2 Å². The first-order chi connectivity index (χ1) is 15.8. The first-order valence-electron chi connectivity index (χ1n) is 10.2. The number of halogens is 3. The standard InChI is InChI=1S/C21H18F3N7O2/c22-21(23,24)15-4-2-1-3-11(15)9-25-19-29-17-13(7-12-8-16(32)28-18(12)33)10-26-31(17)20(30-19)27-14-5-6-14/h1-4,7,10,14H,5-6,8-9H2,(H,28,32,33)(H2,25,27,29,30)/b12-7+. The highest BCUT2D eigenvalue weighted by Gasteiger charge is 2.33. The molecule has 1 saturated heterocycles. The van der Waals surface area contributed by atoms with Crippen LogP contribution in [0.3, 0.4) is 0 Å². The molecule has 0 unspecified atom stereocenters. The van der Waals surface area contributed by atoms with Gasteiger partial charge in [0.05, 0.1) is 18.2 Å². The average molecular weight is 457 g/mol. The molecule has 3 heterocycles. The largest absolute Gasteiger partial charge is 0.416 e. The van der Waals surface area contributed by atoms with Gasteiger partial charge in [-0.1, -0.05) is 18.2 Å². The summed E-state index contributed by atoms with van der Waals surface area (Å²) in [6, 6.07) is 5.51. The van der Waals surface area contributed by atoms with E-state index in [2.05, 4.69) is 31.0 Å². The van der Waals surface area contributed by atoms with Gasteiger partial charge in [0.1, 0.15) is 0 Å². The zero-order valence-electron chi connectivity index (χ0n) is 17.1. The van der Waals surface area contributed by atoms with Crippen LogP contribution < -0.4 is 16.0 Å². The van der Waals surface area contributed by atoms with Crippen molar-refractivity contribution in [2.24, 2.45) is 0 Å². The predicted octanol–water partition coefficient (Wildman–Crippen LogP) is 2.76. The van der Waals surface area contributed by atoms with Crippen LogP contribution in [0.25, 0.3) is 11.7 Å². The van der Waals surface area contributed by atoms with Crippen molar-refractivity contribution in [3.63, 3.8) is 0 Å². The number of anilines is 2. The van der Waals surface area contributed by atoms with Gasteiger partial charge in [-0.3, -0.25) is 14.9 Å². The maximum atomic E-state index is 13.3. The number of benzene rings is 1. The van der Waals surface area contributed by atoms with Crippen molar-refractivity contribution in [3.05, 3.63) is 52.7 Å². The Bertz CT molecular complexity index is 1290. The van der Waals surface area contributed by atoms with Gasteiger partial charge in [-0.15, -0.1) is 0 Å². The van der Waals surface area contributed by atoms with E-state index < -0.39 is 17.6 Å². The van der Waals surface area contributed by atoms with Crippen LogP contribution in [0.2, 0.25) is 0 Å². The maximum Gasteiger partial charge on any atom is 0.416 e. The zero-order valence-corrected chi connectivity index (χ0v) is 17.1. The van der Waals surface area contributed by atoms with Crippen LogP contribution in [0.15, 0.2) is 36.0 Å². The van der Waals surface area contributed by atoms with Crippen LogP contribution in [0.1, 0.15) is 36.0 Å². The number of aromatic nitrogens is 4. The maximum absolute atomic E-state index is 13.3. The molecular weight excluding hydrogens is 439 g/mol. The number of hydrogen-bond acceptors (Lipinski definition) is 7. The van der Waals surface area contributed by atoms with Crippen molar-refractivity contribution < 1.29 is 22.8 Å². The Morgan fingerprint density at radius 3 is 2.67 bits per heavy atom. The summed E-state index contributed by atoms with van der Waals surface area (Å²) in [5, 5.41) is 12.6. The van der Waals surface area contributed by atoms with E-state index in [1.54, 1.807) is 0 Å². The molecule has 3 aromatic rings. The van der Waals surface area contributed by atoms with Gasteiger partial charge in [-0.05, 0) is 30.5 Å². The van der Waals surface area contributed by atoms with E-state index in [-0.39, 0.29) is 42.0 Å². The van der Waals surface area contributed by atoms with E-state index in [9.17, 15) is 22.8 Å². The topological polar surface area (TPSA) is 113 Å². The van der Waals surface area contributed by atoms with Crippen LogP contribution >= 0.6 is 0 Å². The third-order valence-electron chi connectivity index (χ3n) is 5.29. The summed E-state index contributed by atoms with van der Waals surface area (Å²) in [5.41, 5.74) is 0.428. The molecule has 3 N–H and O–H groups in total. The van der Waals surface area contributed by atoms with Crippen molar-refractivity contribution in [2.75, 3.05) is 10.6 Å². The molecule has 170 valence electrons. The Kier molecular flexibility index (Phi) is 4.99. The van der Waals surface area contributed by atoms with E-state index in [1.165, 1.54) is 35.0 Å². The monoisotopic (exact) mass is 457 g/mol. The molecule has 0 bridgehead atoms. The summed E-state index contributed by atoms with van der Waals surface area (Å²) < 4.78 is 41.4. The lowest BCUT2D eigenvalue weighted by Gasteiger charge is -2.14. The molecule has 0 spiro atoms. The minimum absolute atomic E-state index is 0.0478. The van der Waals surface area contributed by atoms with E-state index in [0.717, 1.165) is 18.9 Å². The third-order valence-corrected chi connectivity index (χ3v) is 5.29. The Hall–Kier alpha value is -3.96. The Morgan fingerprint density at radius 2 is 1.97 bits per heavy atom. The van der Waals surface area contributed by atoms with Gasteiger partial charge in [0.15, 0.2) is 5.65 Å². The number of nitrogens with one attached hydrogen (secondary N) is 3. The highest BCUT2D eigenvalue weighted by Crippen LogP contribution is 2.32. The fourth-order valence-corrected chi connectivity index (χ4v) is 3.51. The van der Waals surface area contributed by atoms with Crippen molar-refractivity contribution in [2.45, 2.75) is 38.0 Å². The molecule has 9 nitrogen and oxygen atoms in total. The fourth-order valence-electron chi connectivity index (χ4n) is 3.51. The number of fused-ring (bicyclic) bond motifs is 1. The molecular formula is C21H18F3N7O2. The second-order valence-electron chi connectivity index (χ2n) is 7.86. The van der Waals surface area contributed by atoms with E-state index >= 15 is 0 Å². The first-order valence-corrected chi connectivity index (χ1v) is 10.2. The van der Waals surface area contributed by atoms with Crippen LogP contribution in [-0.4, -0.2) is 37.4 Å². The predicted molar refractivity (Wildman–Crippen MR) is 112 cm³/mol. The number of hydrogen-bond donors (Lipinski definition) is 3. The SMILES string of the molecule is O=C1C/C(=C\c2cnn3c(NC4CC4)nc(NCc4ccccc4C(F)(F)F)nc23)C(=O)N1. The smallest absolute Gasteiger partial charge is 0.351 e. The van der Waals surface area contributed by atoms with Gasteiger partial charge in [0.25, 0.3) is 5.91 Å². The molecule has 12 heteroatoms. The Morgan fingerprint density at radius 1 is 1.18 bits per heavy atom. The molecule has 33 heavy (non-hydrogen) atoms. The number of alkyl halides is 3. The van der Waals surface area contributed by atoms with Crippen LogP contribution in [0.4, 0.5) is 25.1 Å². The van der Waals surface area contributed by atoms with Crippen molar-refractivity contribution in [1.82, 2.24) is 24.9 Å². The Labute approximate surface area is 185 Å². The van der Waals surface area contributed by atoms with E-state index in [4.69, 9.17) is 0 Å². The first kappa shape index (κ1) is 20.9. The summed E-state index contributed by atoms with van der Waals surface area (Å²) in [6.45, 7) is -0.143. The number of nitrogens with zero attached hydrogens (tertiary/aromatic N) is 4. The number of rotatable bonds is 6. The molecule has 1 aliphatic carbocycles. The lowest BCUT2D eigenvalue weighted by Crippen LogP contribution is -2.19. The number of carbonyl (C=O) groups is 2. The summed E-state index contributed by atoms with van der Waals surface area (Å²) in [7, 11) is 0.